The van der Waals surface area contributed by atoms with Gasteiger partial charge in [0, 0.05) is 35.8 Å². The van der Waals surface area contributed by atoms with E-state index in [1.165, 1.54) is 37.9 Å². The van der Waals surface area contributed by atoms with Crippen molar-refractivity contribution in [2.75, 3.05) is 18.4 Å². The van der Waals surface area contributed by atoms with Crippen LogP contribution in [-0.2, 0) is 0 Å². The van der Waals surface area contributed by atoms with Gasteiger partial charge in [-0.1, -0.05) is 0 Å². The molecule has 17 heavy (non-hydrogen) atoms. The first-order chi connectivity index (χ1) is 8.22. The first-order valence-electron chi connectivity index (χ1n) is 6.35. The van der Waals surface area contributed by atoms with E-state index in [0.717, 1.165) is 16.3 Å². The lowest BCUT2D eigenvalue weighted by atomic mass is 10.2. The molecule has 4 heteroatoms. The van der Waals surface area contributed by atoms with Crippen LogP contribution in [0, 0.1) is 6.92 Å². The lowest BCUT2D eigenvalue weighted by molar-refractivity contribution is 0.326. The van der Waals surface area contributed by atoms with Crippen LogP contribution in [0.2, 0.25) is 0 Å². The van der Waals surface area contributed by atoms with Crippen LogP contribution in [-0.4, -0.2) is 35.1 Å². The van der Waals surface area contributed by atoms with Gasteiger partial charge in [-0.25, -0.2) is 4.98 Å². The minimum Gasteiger partial charge on any atom is -0.366 e. The fourth-order valence-electron chi connectivity index (χ4n) is 2.50. The summed E-state index contributed by atoms with van der Waals surface area (Å²) in [7, 11) is 0. The van der Waals surface area contributed by atoms with Crippen molar-refractivity contribution >= 4 is 21.7 Å². The van der Waals surface area contributed by atoms with Crippen LogP contribution in [0.4, 0.5) is 5.82 Å². The number of nitrogens with one attached hydrogen (secondary N) is 1. The Morgan fingerprint density at radius 3 is 2.94 bits per heavy atom. The largest absolute Gasteiger partial charge is 0.366 e. The zero-order valence-corrected chi connectivity index (χ0v) is 11.7. The molecule has 1 aromatic heterocycles. The van der Waals surface area contributed by atoms with Crippen molar-refractivity contribution in [3.05, 3.63) is 22.3 Å². The maximum absolute atomic E-state index is 4.41. The van der Waals surface area contributed by atoms with Gasteiger partial charge in [0.25, 0.3) is 0 Å². The van der Waals surface area contributed by atoms with Gasteiger partial charge in [0.15, 0.2) is 0 Å². The van der Waals surface area contributed by atoms with Crippen molar-refractivity contribution in [1.29, 1.82) is 0 Å². The number of hydrogen-bond acceptors (Lipinski definition) is 3. The molecule has 1 atom stereocenters. The first-order valence-corrected chi connectivity index (χ1v) is 7.14. The number of anilines is 1. The third-order valence-electron chi connectivity index (χ3n) is 3.68. The van der Waals surface area contributed by atoms with Gasteiger partial charge in [-0.15, -0.1) is 0 Å². The Morgan fingerprint density at radius 2 is 2.24 bits per heavy atom. The number of aromatic nitrogens is 1. The molecule has 1 unspecified atom stereocenters. The molecular formula is C13H18BrN3. The second-order valence-electron chi connectivity index (χ2n) is 5.17. The van der Waals surface area contributed by atoms with E-state index in [1.54, 1.807) is 0 Å². The summed E-state index contributed by atoms with van der Waals surface area (Å²) >= 11 is 3.48. The van der Waals surface area contributed by atoms with E-state index in [1.807, 2.05) is 6.20 Å². The second kappa shape index (κ2) is 4.58. The van der Waals surface area contributed by atoms with Gasteiger partial charge in [-0.2, -0.15) is 0 Å². The van der Waals surface area contributed by atoms with E-state index in [9.17, 15) is 0 Å². The quantitative estimate of drug-likeness (QED) is 0.929. The number of halogens is 1. The number of likely N-dealkylation sites (tertiary alicyclic amines) is 1. The van der Waals surface area contributed by atoms with Crippen LogP contribution in [0.5, 0.6) is 0 Å². The summed E-state index contributed by atoms with van der Waals surface area (Å²) < 4.78 is 1.08. The smallest absolute Gasteiger partial charge is 0.126 e. The maximum Gasteiger partial charge on any atom is 0.126 e. The molecule has 0 spiro atoms. The molecule has 1 aromatic rings. The summed E-state index contributed by atoms with van der Waals surface area (Å²) in [6.07, 6.45) is 5.93. The summed E-state index contributed by atoms with van der Waals surface area (Å²) in [5, 5.41) is 3.55. The summed E-state index contributed by atoms with van der Waals surface area (Å²) in [6.45, 7) is 4.53. The van der Waals surface area contributed by atoms with Crippen LogP contribution in [0.1, 0.15) is 24.8 Å². The fourth-order valence-corrected chi connectivity index (χ4v) is 2.72. The normalized spacial score (nSPS) is 25.2. The summed E-state index contributed by atoms with van der Waals surface area (Å²) in [5.74, 6) is 1.01. The van der Waals surface area contributed by atoms with Crippen LogP contribution < -0.4 is 5.32 Å². The monoisotopic (exact) mass is 295 g/mol. The van der Waals surface area contributed by atoms with Crippen molar-refractivity contribution in [2.45, 2.75) is 38.3 Å². The van der Waals surface area contributed by atoms with E-state index in [4.69, 9.17) is 0 Å². The van der Waals surface area contributed by atoms with Crippen LogP contribution >= 0.6 is 15.9 Å². The van der Waals surface area contributed by atoms with Crippen LogP contribution in [0.3, 0.4) is 0 Å². The predicted molar refractivity (Wildman–Crippen MR) is 73.3 cm³/mol. The molecule has 92 valence electrons. The topological polar surface area (TPSA) is 28.2 Å². The lowest BCUT2D eigenvalue weighted by Crippen LogP contribution is -2.28. The number of hydrogen-bond donors (Lipinski definition) is 1. The molecule has 2 aliphatic rings. The number of aryl methyl sites for hydroxylation is 1. The maximum atomic E-state index is 4.41. The lowest BCUT2D eigenvalue weighted by Gasteiger charge is -2.16. The standard InChI is InChI=1S/C13H18BrN3/c1-9-6-13(15-7-12(9)14)16-10-4-5-17(8-10)11-2-3-11/h6-7,10-11H,2-5,8H2,1H3,(H,15,16). The van der Waals surface area contributed by atoms with E-state index >= 15 is 0 Å². The Morgan fingerprint density at radius 1 is 1.41 bits per heavy atom. The third kappa shape index (κ3) is 2.63. The molecule has 3 rings (SSSR count). The van der Waals surface area contributed by atoms with Gasteiger partial charge in [-0.05, 0) is 53.7 Å². The molecule has 0 radical (unpaired) electrons. The molecule has 0 amide bonds. The molecule has 1 saturated heterocycles. The highest BCUT2D eigenvalue weighted by molar-refractivity contribution is 9.10. The number of nitrogens with zero attached hydrogens (tertiary/aromatic N) is 2. The fraction of sp³-hybridized carbons (Fsp3) is 0.615. The van der Waals surface area contributed by atoms with E-state index < -0.39 is 0 Å². The van der Waals surface area contributed by atoms with Gasteiger partial charge >= 0.3 is 0 Å². The third-order valence-corrected chi connectivity index (χ3v) is 4.51. The van der Waals surface area contributed by atoms with Crippen LogP contribution in [0.25, 0.3) is 0 Å². The van der Waals surface area contributed by atoms with E-state index in [-0.39, 0.29) is 0 Å². The van der Waals surface area contributed by atoms with E-state index in [2.05, 4.69) is 44.1 Å². The first kappa shape index (κ1) is 11.5. The van der Waals surface area contributed by atoms with Gasteiger partial charge in [-0.3, -0.25) is 4.90 Å². The molecule has 1 N–H and O–H groups in total. The molecule has 1 saturated carbocycles. The molecule has 0 bridgehead atoms. The average Bonchev–Trinajstić information content (AvgIpc) is 3.06. The predicted octanol–water partition coefficient (Wildman–Crippen LogP) is 2.80. The Labute approximate surface area is 111 Å². The minimum absolute atomic E-state index is 0.573. The molecule has 1 aliphatic heterocycles. The van der Waals surface area contributed by atoms with Crippen molar-refractivity contribution in [2.24, 2.45) is 0 Å². The molecule has 1 aliphatic carbocycles. The van der Waals surface area contributed by atoms with Crippen molar-refractivity contribution in [3.63, 3.8) is 0 Å². The van der Waals surface area contributed by atoms with E-state index in [0.29, 0.717) is 6.04 Å². The minimum atomic E-state index is 0.573. The highest BCUT2D eigenvalue weighted by Gasteiger charge is 2.34. The van der Waals surface area contributed by atoms with Gasteiger partial charge < -0.3 is 5.32 Å². The highest BCUT2D eigenvalue weighted by atomic mass is 79.9. The molecule has 2 heterocycles. The Hall–Kier alpha value is -0.610. The zero-order chi connectivity index (χ0) is 11.8. The summed E-state index contributed by atoms with van der Waals surface area (Å²) in [6, 6.07) is 3.58. The second-order valence-corrected chi connectivity index (χ2v) is 6.03. The van der Waals surface area contributed by atoms with Gasteiger partial charge in [0.2, 0.25) is 0 Å². The number of rotatable bonds is 3. The van der Waals surface area contributed by atoms with Crippen molar-refractivity contribution in [3.8, 4) is 0 Å². The Kier molecular flexibility index (Phi) is 3.09. The zero-order valence-electron chi connectivity index (χ0n) is 10.1. The Bertz CT molecular complexity index is 417. The van der Waals surface area contributed by atoms with Crippen molar-refractivity contribution in [1.82, 2.24) is 9.88 Å². The van der Waals surface area contributed by atoms with Crippen molar-refractivity contribution < 1.29 is 0 Å². The van der Waals surface area contributed by atoms with Crippen LogP contribution in [0.15, 0.2) is 16.7 Å². The van der Waals surface area contributed by atoms with Gasteiger partial charge in [0.1, 0.15) is 5.82 Å². The van der Waals surface area contributed by atoms with Gasteiger partial charge in [0.05, 0.1) is 0 Å². The summed E-state index contributed by atoms with van der Waals surface area (Å²) in [5.41, 5.74) is 1.24. The Balaban J connectivity index is 1.61. The molecule has 2 fully saturated rings. The highest BCUT2D eigenvalue weighted by Crippen LogP contribution is 2.30. The average molecular weight is 296 g/mol. The molecular weight excluding hydrogens is 278 g/mol. The molecule has 0 aromatic carbocycles. The molecule has 3 nitrogen and oxygen atoms in total. The SMILES string of the molecule is Cc1cc(NC2CCN(C3CC3)C2)ncc1Br. The summed E-state index contributed by atoms with van der Waals surface area (Å²) in [4.78, 5) is 7.03. The number of pyridine rings is 1.